The van der Waals surface area contributed by atoms with E-state index in [1.54, 1.807) is 41.5 Å². The number of furan rings is 1. The van der Waals surface area contributed by atoms with Crippen molar-refractivity contribution >= 4 is 33.4 Å². The molecule has 1 amide bonds. The molecule has 0 spiro atoms. The number of hydrogen-bond acceptors (Lipinski definition) is 8. The van der Waals surface area contributed by atoms with E-state index >= 15 is 0 Å². The molecule has 5 aromatic rings. The fraction of sp³-hybridized carbons (Fsp3) is 0.143. The van der Waals surface area contributed by atoms with Crippen molar-refractivity contribution in [1.29, 1.82) is 0 Å². The quantitative estimate of drug-likeness (QED) is 0.438. The van der Waals surface area contributed by atoms with Crippen molar-refractivity contribution in [2.24, 2.45) is 0 Å². The predicted octanol–water partition coefficient (Wildman–Crippen LogP) is 4.44. The lowest BCUT2D eigenvalue weighted by molar-refractivity contribution is 0.102. The number of anilines is 1. The molecule has 0 aliphatic heterocycles. The molecule has 0 aromatic carbocycles. The van der Waals surface area contributed by atoms with Gasteiger partial charge in [-0.25, -0.2) is 9.67 Å². The van der Waals surface area contributed by atoms with Crippen molar-refractivity contribution in [3.05, 3.63) is 60.6 Å². The molecule has 154 valence electrons. The third kappa shape index (κ3) is 3.57. The summed E-state index contributed by atoms with van der Waals surface area (Å²) in [6.45, 7) is 4.02. The van der Waals surface area contributed by atoms with Crippen LogP contribution in [0.15, 0.2) is 59.5 Å². The molecule has 0 atom stereocenters. The number of pyridine rings is 2. The number of fused-ring (bicyclic) bond motifs is 1. The maximum atomic E-state index is 13.2. The van der Waals surface area contributed by atoms with Crippen LogP contribution >= 0.6 is 11.3 Å². The first-order chi connectivity index (χ1) is 15.1. The number of nitrogens with one attached hydrogen (secondary N) is 1. The van der Waals surface area contributed by atoms with Gasteiger partial charge in [0, 0.05) is 12.2 Å². The van der Waals surface area contributed by atoms with Crippen LogP contribution in [0.4, 0.5) is 5.13 Å². The van der Waals surface area contributed by atoms with E-state index in [9.17, 15) is 4.79 Å². The van der Waals surface area contributed by atoms with Gasteiger partial charge >= 0.3 is 0 Å². The van der Waals surface area contributed by atoms with Crippen molar-refractivity contribution in [1.82, 2.24) is 29.9 Å². The number of amides is 1. The molecule has 0 aliphatic carbocycles. The first-order valence-electron chi connectivity index (χ1n) is 9.58. The summed E-state index contributed by atoms with van der Waals surface area (Å²) >= 11 is 1.25. The van der Waals surface area contributed by atoms with E-state index in [1.807, 2.05) is 32.0 Å². The van der Waals surface area contributed by atoms with Crippen LogP contribution in [0.25, 0.3) is 33.2 Å². The molecule has 0 aliphatic rings. The monoisotopic (exact) mass is 431 g/mol. The second-order valence-electron chi connectivity index (χ2n) is 7.03. The van der Waals surface area contributed by atoms with Crippen LogP contribution in [0.1, 0.15) is 30.2 Å². The summed E-state index contributed by atoms with van der Waals surface area (Å²) in [5, 5.41) is 17.1. The SMILES string of the molecule is CC(C)n1ncc2c(C(=O)Nc3nnc(-c4ccccn4)s3)cc(-c3ccco3)nc21. The average Bonchev–Trinajstić information content (AvgIpc) is 3.53. The molecule has 5 heterocycles. The number of aromatic nitrogens is 6. The maximum Gasteiger partial charge on any atom is 0.258 e. The molecule has 0 saturated carbocycles. The Morgan fingerprint density at radius 1 is 1.16 bits per heavy atom. The summed E-state index contributed by atoms with van der Waals surface area (Å²) in [7, 11) is 0. The molecular weight excluding hydrogens is 414 g/mol. The lowest BCUT2D eigenvalue weighted by Gasteiger charge is -2.09. The van der Waals surface area contributed by atoms with E-state index in [0.717, 1.165) is 0 Å². The fourth-order valence-corrected chi connectivity index (χ4v) is 3.88. The molecule has 31 heavy (non-hydrogen) atoms. The third-order valence-corrected chi connectivity index (χ3v) is 5.46. The summed E-state index contributed by atoms with van der Waals surface area (Å²) in [6.07, 6.45) is 4.91. The Balaban J connectivity index is 1.53. The van der Waals surface area contributed by atoms with E-state index in [-0.39, 0.29) is 11.9 Å². The van der Waals surface area contributed by atoms with Crippen LogP contribution in [0.2, 0.25) is 0 Å². The van der Waals surface area contributed by atoms with Crippen molar-refractivity contribution in [2.45, 2.75) is 19.9 Å². The van der Waals surface area contributed by atoms with E-state index in [2.05, 4.69) is 30.6 Å². The largest absolute Gasteiger partial charge is 0.463 e. The minimum Gasteiger partial charge on any atom is -0.463 e. The molecule has 5 rings (SSSR count). The summed E-state index contributed by atoms with van der Waals surface area (Å²) in [6, 6.07) is 10.9. The summed E-state index contributed by atoms with van der Waals surface area (Å²) in [5.74, 6) is 0.244. The van der Waals surface area contributed by atoms with Crippen molar-refractivity contribution < 1.29 is 9.21 Å². The van der Waals surface area contributed by atoms with Gasteiger partial charge in [0.2, 0.25) is 5.13 Å². The predicted molar refractivity (Wildman–Crippen MR) is 117 cm³/mol. The minimum absolute atomic E-state index is 0.0804. The van der Waals surface area contributed by atoms with Crippen LogP contribution in [0, 0.1) is 0 Å². The van der Waals surface area contributed by atoms with Crippen LogP contribution in [0.5, 0.6) is 0 Å². The first-order valence-corrected chi connectivity index (χ1v) is 10.4. The standard InChI is InChI=1S/C21H17N7O2S/c1-12(2)28-18-14(11-23-28)13(10-16(24-18)17-7-5-9-30-17)19(29)25-21-27-26-20(31-21)15-6-3-4-8-22-15/h3-12H,1-2H3,(H,25,27,29). The number of carbonyl (C=O) groups excluding carboxylic acids is 1. The zero-order valence-electron chi connectivity index (χ0n) is 16.7. The van der Waals surface area contributed by atoms with Gasteiger partial charge in [0.05, 0.1) is 23.4 Å². The molecule has 1 N–H and O–H groups in total. The van der Waals surface area contributed by atoms with Crippen LogP contribution < -0.4 is 5.32 Å². The molecule has 0 radical (unpaired) electrons. The van der Waals surface area contributed by atoms with Gasteiger partial charge in [-0.3, -0.25) is 15.1 Å². The molecule has 0 fully saturated rings. The molecule has 10 heteroatoms. The highest BCUT2D eigenvalue weighted by Gasteiger charge is 2.20. The number of rotatable bonds is 5. The molecular formula is C21H17N7O2S. The molecule has 0 saturated heterocycles. The lowest BCUT2D eigenvalue weighted by atomic mass is 10.1. The fourth-order valence-electron chi connectivity index (χ4n) is 3.17. The molecule has 0 bridgehead atoms. The summed E-state index contributed by atoms with van der Waals surface area (Å²) < 4.78 is 7.28. The minimum atomic E-state index is -0.327. The number of hydrogen-bond donors (Lipinski definition) is 1. The second kappa shape index (κ2) is 7.73. The Labute approximate surface area is 180 Å². The highest BCUT2D eigenvalue weighted by atomic mass is 32.1. The van der Waals surface area contributed by atoms with E-state index in [0.29, 0.717) is 43.9 Å². The normalized spacial score (nSPS) is 11.3. The topological polar surface area (TPSA) is 112 Å². The Bertz CT molecular complexity index is 1360. The highest BCUT2D eigenvalue weighted by molar-refractivity contribution is 7.18. The zero-order chi connectivity index (χ0) is 21.4. The van der Waals surface area contributed by atoms with E-state index < -0.39 is 0 Å². The maximum absolute atomic E-state index is 13.2. The van der Waals surface area contributed by atoms with Gasteiger partial charge in [0.15, 0.2) is 16.4 Å². The Hall–Kier alpha value is -3.92. The van der Waals surface area contributed by atoms with Gasteiger partial charge in [-0.15, -0.1) is 10.2 Å². The van der Waals surface area contributed by atoms with E-state index in [4.69, 9.17) is 4.42 Å². The molecule has 0 unspecified atom stereocenters. The Morgan fingerprint density at radius 3 is 2.81 bits per heavy atom. The second-order valence-corrected chi connectivity index (χ2v) is 8.01. The van der Waals surface area contributed by atoms with Gasteiger partial charge in [-0.2, -0.15) is 5.10 Å². The average molecular weight is 431 g/mol. The van der Waals surface area contributed by atoms with Gasteiger partial charge in [0.1, 0.15) is 11.4 Å². The molecule has 9 nitrogen and oxygen atoms in total. The van der Waals surface area contributed by atoms with Crippen LogP contribution in [-0.2, 0) is 0 Å². The van der Waals surface area contributed by atoms with Gasteiger partial charge in [0.25, 0.3) is 5.91 Å². The lowest BCUT2D eigenvalue weighted by Crippen LogP contribution is -2.13. The Kier molecular flexibility index (Phi) is 4.75. The zero-order valence-corrected chi connectivity index (χ0v) is 17.5. The first kappa shape index (κ1) is 19.1. The highest BCUT2D eigenvalue weighted by Crippen LogP contribution is 2.29. The summed E-state index contributed by atoms with van der Waals surface area (Å²) in [4.78, 5) is 22.1. The van der Waals surface area contributed by atoms with Crippen molar-refractivity contribution in [3.63, 3.8) is 0 Å². The van der Waals surface area contributed by atoms with Gasteiger partial charge in [-0.1, -0.05) is 17.4 Å². The van der Waals surface area contributed by atoms with Crippen molar-refractivity contribution in [3.8, 4) is 22.2 Å². The van der Waals surface area contributed by atoms with Crippen molar-refractivity contribution in [2.75, 3.05) is 5.32 Å². The molecule has 5 aromatic heterocycles. The number of carbonyl (C=O) groups is 1. The van der Waals surface area contributed by atoms with Crippen LogP contribution in [0.3, 0.4) is 0 Å². The van der Waals surface area contributed by atoms with E-state index in [1.165, 1.54) is 11.3 Å². The number of nitrogens with zero attached hydrogens (tertiary/aromatic N) is 6. The summed E-state index contributed by atoms with van der Waals surface area (Å²) in [5.41, 5.74) is 2.29. The third-order valence-electron chi connectivity index (χ3n) is 4.60. The van der Waals surface area contributed by atoms with Gasteiger partial charge in [-0.05, 0) is 44.2 Å². The van der Waals surface area contributed by atoms with Gasteiger partial charge < -0.3 is 4.42 Å². The Morgan fingerprint density at radius 2 is 2.06 bits per heavy atom. The van der Waals surface area contributed by atoms with Crippen LogP contribution in [-0.4, -0.2) is 35.9 Å². The smallest absolute Gasteiger partial charge is 0.258 e.